The maximum absolute atomic E-state index is 11.3. The van der Waals surface area contributed by atoms with E-state index < -0.39 is 16.5 Å². The van der Waals surface area contributed by atoms with Gasteiger partial charge in [-0.05, 0) is 19.4 Å². The highest BCUT2D eigenvalue weighted by Gasteiger charge is 2.30. The highest BCUT2D eigenvalue weighted by molar-refractivity contribution is 5.78. The van der Waals surface area contributed by atoms with Crippen LogP contribution in [0, 0.1) is 17.0 Å². The van der Waals surface area contributed by atoms with E-state index in [1.54, 1.807) is 19.1 Å². The molecule has 0 heterocycles. The molecule has 0 bridgehead atoms. The number of nitro benzene ring substituents is 1. The predicted molar refractivity (Wildman–Crippen MR) is 72.2 cm³/mol. The molecule has 0 aliphatic heterocycles. The van der Waals surface area contributed by atoms with Crippen molar-refractivity contribution in [2.45, 2.75) is 26.0 Å². The summed E-state index contributed by atoms with van der Waals surface area (Å²) < 4.78 is 4.47. The molecule has 1 unspecified atom stereocenters. The second-order valence-corrected chi connectivity index (χ2v) is 4.69. The Labute approximate surface area is 116 Å². The third-order valence-corrected chi connectivity index (χ3v) is 3.02. The molecule has 7 heteroatoms. The zero-order chi connectivity index (χ0) is 15.3. The molecule has 0 spiro atoms. The summed E-state index contributed by atoms with van der Waals surface area (Å²) in [4.78, 5) is 21.7. The fourth-order valence-corrected chi connectivity index (χ4v) is 1.79. The lowest BCUT2D eigenvalue weighted by Crippen LogP contribution is -2.45. The maximum atomic E-state index is 11.3. The van der Waals surface area contributed by atoms with Crippen molar-refractivity contribution in [2.75, 3.05) is 13.7 Å². The quantitative estimate of drug-likeness (QED) is 0.457. The molecule has 0 saturated heterocycles. The largest absolute Gasteiger partial charge is 0.467 e. The summed E-state index contributed by atoms with van der Waals surface area (Å²) in [5.41, 5.74) is -0.296. The topological polar surface area (TPSA) is 102 Å². The standard InChI is InChI=1S/C13H18N2O5/c1-9-10(5-4-6-11(9)15(18)19)7-14-8-13(2,17)12(16)20-3/h4-6,14,17H,7-8H2,1-3H3. The van der Waals surface area contributed by atoms with Crippen molar-refractivity contribution in [1.29, 1.82) is 0 Å². The summed E-state index contributed by atoms with van der Waals surface area (Å²) in [6.07, 6.45) is 0. The Hall–Kier alpha value is -1.99. The summed E-state index contributed by atoms with van der Waals surface area (Å²) in [7, 11) is 1.20. The van der Waals surface area contributed by atoms with Gasteiger partial charge in [0.2, 0.25) is 0 Å². The van der Waals surface area contributed by atoms with Crippen LogP contribution in [-0.4, -0.2) is 35.3 Å². The lowest BCUT2D eigenvalue weighted by Gasteiger charge is -2.20. The zero-order valence-corrected chi connectivity index (χ0v) is 11.7. The van der Waals surface area contributed by atoms with E-state index in [0.717, 1.165) is 5.56 Å². The van der Waals surface area contributed by atoms with Crippen LogP contribution in [0.2, 0.25) is 0 Å². The van der Waals surface area contributed by atoms with Crippen LogP contribution in [0.1, 0.15) is 18.1 Å². The van der Waals surface area contributed by atoms with Crippen molar-refractivity contribution >= 4 is 11.7 Å². The molecule has 0 aromatic heterocycles. The molecule has 0 fully saturated rings. The van der Waals surface area contributed by atoms with Gasteiger partial charge < -0.3 is 15.2 Å². The third-order valence-electron chi connectivity index (χ3n) is 3.02. The first-order chi connectivity index (χ1) is 9.29. The van der Waals surface area contributed by atoms with Gasteiger partial charge in [-0.3, -0.25) is 10.1 Å². The van der Waals surface area contributed by atoms with Crippen molar-refractivity contribution in [3.05, 3.63) is 39.4 Å². The van der Waals surface area contributed by atoms with Crippen molar-refractivity contribution in [3.63, 3.8) is 0 Å². The summed E-state index contributed by atoms with van der Waals surface area (Å²) in [5.74, 6) is -0.735. The Morgan fingerprint density at radius 2 is 2.20 bits per heavy atom. The number of nitro groups is 1. The van der Waals surface area contributed by atoms with Crippen LogP contribution in [0.25, 0.3) is 0 Å². The summed E-state index contributed by atoms with van der Waals surface area (Å²) in [5, 5.41) is 23.5. The van der Waals surface area contributed by atoms with E-state index in [2.05, 4.69) is 10.1 Å². The van der Waals surface area contributed by atoms with Gasteiger partial charge in [0.15, 0.2) is 5.60 Å². The Morgan fingerprint density at radius 3 is 2.75 bits per heavy atom. The molecule has 0 amide bonds. The van der Waals surface area contributed by atoms with Gasteiger partial charge in [0.25, 0.3) is 5.69 Å². The lowest BCUT2D eigenvalue weighted by molar-refractivity contribution is -0.385. The summed E-state index contributed by atoms with van der Waals surface area (Å²) in [6, 6.07) is 4.78. The third kappa shape index (κ3) is 3.75. The molecule has 2 N–H and O–H groups in total. The number of nitrogens with one attached hydrogen (secondary N) is 1. The molecule has 1 aromatic rings. The van der Waals surface area contributed by atoms with Gasteiger partial charge in [-0.2, -0.15) is 0 Å². The van der Waals surface area contributed by atoms with Gasteiger partial charge in [-0.1, -0.05) is 12.1 Å². The molecule has 7 nitrogen and oxygen atoms in total. The molecule has 0 aliphatic carbocycles. The van der Waals surface area contributed by atoms with Crippen LogP contribution in [-0.2, 0) is 16.1 Å². The number of carbonyl (C=O) groups is 1. The normalized spacial score (nSPS) is 13.6. The fraction of sp³-hybridized carbons (Fsp3) is 0.462. The van der Waals surface area contributed by atoms with Gasteiger partial charge in [0.1, 0.15) is 0 Å². The van der Waals surface area contributed by atoms with E-state index in [-0.39, 0.29) is 12.2 Å². The van der Waals surface area contributed by atoms with Crippen LogP contribution in [0.3, 0.4) is 0 Å². The molecule has 0 radical (unpaired) electrons. The molecule has 1 atom stereocenters. The van der Waals surface area contributed by atoms with Crippen LogP contribution in [0.15, 0.2) is 18.2 Å². The van der Waals surface area contributed by atoms with E-state index in [9.17, 15) is 20.0 Å². The minimum absolute atomic E-state index is 0.0121. The zero-order valence-electron chi connectivity index (χ0n) is 11.7. The first-order valence-corrected chi connectivity index (χ1v) is 6.04. The minimum Gasteiger partial charge on any atom is -0.467 e. The van der Waals surface area contributed by atoms with E-state index in [4.69, 9.17) is 0 Å². The maximum Gasteiger partial charge on any atom is 0.338 e. The number of carbonyl (C=O) groups excluding carboxylic acids is 1. The van der Waals surface area contributed by atoms with Crippen LogP contribution >= 0.6 is 0 Å². The average molecular weight is 282 g/mol. The number of ether oxygens (including phenoxy) is 1. The molecule has 1 rings (SSSR count). The Kier molecular flexibility index (Phi) is 5.18. The Bertz CT molecular complexity index is 513. The fourth-order valence-electron chi connectivity index (χ4n) is 1.79. The van der Waals surface area contributed by atoms with Crippen molar-refractivity contribution in [1.82, 2.24) is 5.32 Å². The van der Waals surface area contributed by atoms with E-state index >= 15 is 0 Å². The molecule has 0 aliphatic rings. The van der Waals surface area contributed by atoms with Gasteiger partial charge in [-0.15, -0.1) is 0 Å². The number of hydrogen-bond donors (Lipinski definition) is 2. The van der Waals surface area contributed by atoms with Gasteiger partial charge in [0.05, 0.1) is 12.0 Å². The van der Waals surface area contributed by atoms with E-state index in [1.165, 1.54) is 20.1 Å². The number of aliphatic hydroxyl groups is 1. The predicted octanol–water partition coefficient (Wildman–Crippen LogP) is 0.917. The van der Waals surface area contributed by atoms with Crippen molar-refractivity contribution in [3.8, 4) is 0 Å². The SMILES string of the molecule is COC(=O)C(C)(O)CNCc1cccc([N+](=O)[O-])c1C. The molecule has 1 aromatic carbocycles. The Morgan fingerprint density at radius 1 is 1.55 bits per heavy atom. The molecule has 110 valence electrons. The number of benzene rings is 1. The molecular weight excluding hydrogens is 264 g/mol. The van der Waals surface area contributed by atoms with E-state index in [0.29, 0.717) is 12.1 Å². The minimum atomic E-state index is -1.64. The van der Waals surface area contributed by atoms with Crippen molar-refractivity contribution < 1.29 is 19.6 Å². The van der Waals surface area contributed by atoms with Crippen LogP contribution < -0.4 is 5.32 Å². The van der Waals surface area contributed by atoms with Crippen molar-refractivity contribution in [2.24, 2.45) is 0 Å². The summed E-state index contributed by atoms with van der Waals surface area (Å²) in [6.45, 7) is 3.29. The second kappa shape index (κ2) is 6.44. The average Bonchev–Trinajstić information content (AvgIpc) is 2.39. The van der Waals surface area contributed by atoms with Crippen LogP contribution in [0.4, 0.5) is 5.69 Å². The molecular formula is C13H18N2O5. The van der Waals surface area contributed by atoms with E-state index in [1.807, 2.05) is 0 Å². The number of nitrogens with zero attached hydrogens (tertiary/aromatic N) is 1. The van der Waals surface area contributed by atoms with Gasteiger partial charge in [-0.25, -0.2) is 4.79 Å². The van der Waals surface area contributed by atoms with Gasteiger partial charge in [0, 0.05) is 24.7 Å². The molecule has 20 heavy (non-hydrogen) atoms. The second-order valence-electron chi connectivity index (χ2n) is 4.69. The van der Waals surface area contributed by atoms with Gasteiger partial charge >= 0.3 is 5.97 Å². The number of hydrogen-bond acceptors (Lipinski definition) is 6. The first kappa shape index (κ1) is 16.1. The number of esters is 1. The summed E-state index contributed by atoms with van der Waals surface area (Å²) >= 11 is 0. The number of rotatable bonds is 6. The monoisotopic (exact) mass is 282 g/mol. The molecule has 0 saturated carbocycles. The first-order valence-electron chi connectivity index (χ1n) is 6.04. The Balaban J connectivity index is 2.70. The highest BCUT2D eigenvalue weighted by atomic mass is 16.6. The smallest absolute Gasteiger partial charge is 0.338 e. The highest BCUT2D eigenvalue weighted by Crippen LogP contribution is 2.20. The van der Waals surface area contributed by atoms with Crippen LogP contribution in [0.5, 0.6) is 0 Å². The lowest BCUT2D eigenvalue weighted by atomic mass is 10.1. The number of methoxy groups -OCH3 is 1.